The van der Waals surface area contributed by atoms with E-state index in [2.05, 4.69) is 11.6 Å². The third-order valence-electron chi connectivity index (χ3n) is 5.28. The van der Waals surface area contributed by atoms with Crippen LogP contribution in [0.3, 0.4) is 0 Å². The molecule has 0 radical (unpaired) electrons. The lowest BCUT2D eigenvalue weighted by Gasteiger charge is -2.38. The van der Waals surface area contributed by atoms with Crippen LogP contribution in [0.5, 0.6) is 11.5 Å². The average Bonchev–Trinajstić information content (AvgIpc) is 2.53. The highest BCUT2D eigenvalue weighted by molar-refractivity contribution is 7.87. The molecule has 7 heteroatoms. The fourth-order valence-electron chi connectivity index (χ4n) is 3.49. The lowest BCUT2D eigenvalue weighted by molar-refractivity contribution is 0.0522. The van der Waals surface area contributed by atoms with E-state index < -0.39 is 10.2 Å². The predicted molar refractivity (Wildman–Crippen MR) is 99.2 cm³/mol. The molecule has 1 aromatic rings. The van der Waals surface area contributed by atoms with E-state index in [4.69, 9.17) is 9.88 Å². The van der Waals surface area contributed by atoms with Crippen molar-refractivity contribution in [2.75, 3.05) is 6.54 Å². The van der Waals surface area contributed by atoms with Gasteiger partial charge in [0.1, 0.15) is 17.1 Å². The first kappa shape index (κ1) is 20.0. The maximum atomic E-state index is 10.8. The predicted octanol–water partition coefficient (Wildman–Crippen LogP) is 2.75. The van der Waals surface area contributed by atoms with Crippen LogP contribution in [-0.2, 0) is 16.6 Å². The Kier molecular flexibility index (Phi) is 6.01. The summed E-state index contributed by atoms with van der Waals surface area (Å²) in [4.78, 5) is 0. The van der Waals surface area contributed by atoms with Gasteiger partial charge in [0.25, 0.3) is 10.2 Å². The molecule has 1 aromatic carbocycles. The number of nitrogens with two attached hydrogens (primary N) is 1. The molecule has 1 heterocycles. The second kappa shape index (κ2) is 7.51. The molecule has 6 nitrogen and oxygen atoms in total. The first-order valence-electron chi connectivity index (χ1n) is 8.82. The summed E-state index contributed by atoms with van der Waals surface area (Å²) in [7, 11) is -3.59. The van der Waals surface area contributed by atoms with Crippen LogP contribution in [0.25, 0.3) is 0 Å². The normalized spacial score (nSPS) is 20.2. The van der Waals surface area contributed by atoms with Crippen molar-refractivity contribution in [2.24, 2.45) is 5.14 Å². The van der Waals surface area contributed by atoms with Gasteiger partial charge in [0.15, 0.2) is 0 Å². The number of hydrogen-bond acceptors (Lipinski definition) is 4. The SMILES string of the molecule is Cc1c(C)c2c(c(C)c1O)CC[C@@](C)(CCCCCNS(N)(=O)=O)O2. The van der Waals surface area contributed by atoms with Gasteiger partial charge in [0.05, 0.1) is 0 Å². The molecule has 0 amide bonds. The van der Waals surface area contributed by atoms with Crippen LogP contribution in [0.4, 0.5) is 0 Å². The summed E-state index contributed by atoms with van der Waals surface area (Å²) in [6.07, 6.45) is 5.38. The highest BCUT2D eigenvalue weighted by Crippen LogP contribution is 2.44. The Balaban J connectivity index is 1.95. The van der Waals surface area contributed by atoms with Gasteiger partial charge in [0, 0.05) is 12.1 Å². The molecule has 142 valence electrons. The maximum Gasteiger partial charge on any atom is 0.274 e. The molecule has 1 aliphatic rings. The number of hydrogen-bond donors (Lipinski definition) is 3. The highest BCUT2D eigenvalue weighted by atomic mass is 32.2. The fourth-order valence-corrected chi connectivity index (χ4v) is 3.91. The van der Waals surface area contributed by atoms with Gasteiger partial charge >= 0.3 is 0 Å². The van der Waals surface area contributed by atoms with Gasteiger partial charge < -0.3 is 9.84 Å². The summed E-state index contributed by atoms with van der Waals surface area (Å²) in [5.41, 5.74) is 3.72. The second-order valence-corrected chi connectivity index (χ2v) is 8.71. The third-order valence-corrected chi connectivity index (χ3v) is 5.88. The van der Waals surface area contributed by atoms with E-state index in [1.54, 1.807) is 0 Å². The van der Waals surface area contributed by atoms with Crippen LogP contribution in [0, 0.1) is 20.8 Å². The minimum Gasteiger partial charge on any atom is -0.507 e. The van der Waals surface area contributed by atoms with Crippen molar-refractivity contribution in [1.82, 2.24) is 4.72 Å². The number of aromatic hydroxyl groups is 1. The molecule has 0 aromatic heterocycles. The minimum atomic E-state index is -3.59. The molecule has 1 atom stereocenters. The highest BCUT2D eigenvalue weighted by Gasteiger charge is 2.34. The molecule has 0 spiro atoms. The number of fused-ring (bicyclic) bond motifs is 1. The molecule has 0 fully saturated rings. The van der Waals surface area contributed by atoms with Crippen molar-refractivity contribution in [1.29, 1.82) is 0 Å². The van der Waals surface area contributed by atoms with Crippen LogP contribution in [0.2, 0.25) is 0 Å². The monoisotopic (exact) mass is 370 g/mol. The number of benzene rings is 1. The number of ether oxygens (including phenoxy) is 1. The molecular weight excluding hydrogens is 340 g/mol. The van der Waals surface area contributed by atoms with Crippen LogP contribution in [-0.4, -0.2) is 25.7 Å². The molecule has 0 bridgehead atoms. The van der Waals surface area contributed by atoms with E-state index in [0.29, 0.717) is 12.3 Å². The summed E-state index contributed by atoms with van der Waals surface area (Å²) in [6.45, 7) is 8.38. The zero-order valence-electron chi connectivity index (χ0n) is 15.6. The Hall–Kier alpha value is -1.31. The van der Waals surface area contributed by atoms with E-state index in [0.717, 1.165) is 66.5 Å². The van der Waals surface area contributed by atoms with Crippen molar-refractivity contribution in [2.45, 2.75) is 71.8 Å². The maximum absolute atomic E-state index is 10.8. The molecule has 0 unspecified atom stereocenters. The standard InChI is InChI=1S/C18H30N2O4S/c1-12-13(2)17-15(14(3)16(12)21)8-10-18(4,24-17)9-6-5-7-11-20-25(19,22)23/h20-21H,5-11H2,1-4H3,(H2,19,22,23)/t18-/m1/s1. The van der Waals surface area contributed by atoms with Gasteiger partial charge in [-0.25, -0.2) is 9.86 Å². The lowest BCUT2D eigenvalue weighted by Crippen LogP contribution is -2.37. The van der Waals surface area contributed by atoms with Gasteiger partial charge in [-0.3, -0.25) is 0 Å². The quantitative estimate of drug-likeness (QED) is 0.642. The topological polar surface area (TPSA) is 102 Å². The Bertz CT molecular complexity index is 746. The second-order valence-electron chi connectivity index (χ2n) is 7.33. The number of phenols is 1. The lowest BCUT2D eigenvalue weighted by atomic mass is 9.84. The van der Waals surface area contributed by atoms with Crippen molar-refractivity contribution in [3.8, 4) is 11.5 Å². The molecule has 0 saturated heterocycles. The molecule has 4 N–H and O–H groups in total. The molecule has 0 aliphatic carbocycles. The zero-order chi connectivity index (χ0) is 18.8. The van der Waals surface area contributed by atoms with Crippen molar-refractivity contribution < 1.29 is 18.3 Å². The van der Waals surface area contributed by atoms with Gasteiger partial charge in [0.2, 0.25) is 0 Å². The number of unbranched alkanes of at least 4 members (excludes halogenated alkanes) is 2. The third kappa shape index (κ3) is 4.86. The molecular formula is C18H30N2O4S. The Morgan fingerprint density at radius 1 is 1.16 bits per heavy atom. The molecule has 2 rings (SSSR count). The van der Waals surface area contributed by atoms with E-state index in [9.17, 15) is 13.5 Å². The van der Waals surface area contributed by atoms with Crippen LogP contribution in [0.15, 0.2) is 0 Å². The van der Waals surface area contributed by atoms with Crippen LogP contribution < -0.4 is 14.6 Å². The summed E-state index contributed by atoms with van der Waals surface area (Å²) in [6, 6.07) is 0. The van der Waals surface area contributed by atoms with Gasteiger partial charge in [-0.15, -0.1) is 0 Å². The first-order chi connectivity index (χ1) is 11.5. The van der Waals surface area contributed by atoms with E-state index >= 15 is 0 Å². The zero-order valence-corrected chi connectivity index (χ0v) is 16.4. The summed E-state index contributed by atoms with van der Waals surface area (Å²) in [5.74, 6) is 1.31. The number of nitrogens with one attached hydrogen (secondary N) is 1. The largest absolute Gasteiger partial charge is 0.507 e. The molecule has 25 heavy (non-hydrogen) atoms. The molecule has 0 saturated carbocycles. The fraction of sp³-hybridized carbons (Fsp3) is 0.667. The summed E-state index contributed by atoms with van der Waals surface area (Å²) in [5, 5.41) is 15.1. The van der Waals surface area contributed by atoms with Gasteiger partial charge in [-0.2, -0.15) is 8.42 Å². The van der Waals surface area contributed by atoms with Gasteiger partial charge in [-0.05, 0) is 76.5 Å². The average molecular weight is 371 g/mol. The first-order valence-corrected chi connectivity index (χ1v) is 10.4. The minimum absolute atomic E-state index is 0.221. The van der Waals surface area contributed by atoms with Gasteiger partial charge in [-0.1, -0.05) is 6.42 Å². The Labute approximate surface area is 150 Å². The van der Waals surface area contributed by atoms with Crippen molar-refractivity contribution >= 4 is 10.2 Å². The summed E-state index contributed by atoms with van der Waals surface area (Å²) >= 11 is 0. The Morgan fingerprint density at radius 3 is 2.48 bits per heavy atom. The van der Waals surface area contributed by atoms with Crippen molar-refractivity contribution in [3.63, 3.8) is 0 Å². The van der Waals surface area contributed by atoms with E-state index in [-0.39, 0.29) is 5.60 Å². The summed E-state index contributed by atoms with van der Waals surface area (Å²) < 4.78 is 30.3. The Morgan fingerprint density at radius 2 is 1.84 bits per heavy atom. The van der Waals surface area contributed by atoms with Crippen LogP contribution >= 0.6 is 0 Å². The van der Waals surface area contributed by atoms with E-state index in [1.165, 1.54) is 0 Å². The van der Waals surface area contributed by atoms with Crippen molar-refractivity contribution in [3.05, 3.63) is 22.3 Å². The van der Waals surface area contributed by atoms with Crippen LogP contribution in [0.1, 0.15) is 61.3 Å². The van der Waals surface area contributed by atoms with E-state index in [1.807, 2.05) is 20.8 Å². The number of phenolic OH excluding ortho intramolecular Hbond substituents is 1. The molecule has 1 aliphatic heterocycles. The number of rotatable bonds is 7. The smallest absolute Gasteiger partial charge is 0.274 e.